The standard InChI is InChI=1S/C15H20ClFN2O2/c1-15(2,3)21-14(20)19-7-9(12(18)8-19)13-10(16)5-4-6-11(13)17/h4-6,9,12H,7-8,18H2,1-3H3. The van der Waals surface area contributed by atoms with Crippen LogP contribution in [0, 0.1) is 5.82 Å². The van der Waals surface area contributed by atoms with Crippen LogP contribution in [0.25, 0.3) is 0 Å². The molecule has 116 valence electrons. The summed E-state index contributed by atoms with van der Waals surface area (Å²) < 4.78 is 19.3. The summed E-state index contributed by atoms with van der Waals surface area (Å²) in [6.07, 6.45) is -0.437. The van der Waals surface area contributed by atoms with E-state index in [4.69, 9.17) is 22.1 Å². The topological polar surface area (TPSA) is 55.6 Å². The fourth-order valence-electron chi connectivity index (χ4n) is 2.47. The van der Waals surface area contributed by atoms with E-state index < -0.39 is 17.5 Å². The number of amides is 1. The first kappa shape index (κ1) is 16.0. The molecule has 21 heavy (non-hydrogen) atoms. The first-order chi connectivity index (χ1) is 9.69. The quantitative estimate of drug-likeness (QED) is 0.866. The lowest BCUT2D eigenvalue weighted by Crippen LogP contribution is -2.36. The molecule has 1 aromatic rings. The van der Waals surface area contributed by atoms with E-state index >= 15 is 0 Å². The van der Waals surface area contributed by atoms with Crippen molar-refractivity contribution in [3.8, 4) is 0 Å². The van der Waals surface area contributed by atoms with Crippen LogP contribution in [0.4, 0.5) is 9.18 Å². The van der Waals surface area contributed by atoms with Crippen LogP contribution in [0.15, 0.2) is 18.2 Å². The Hall–Kier alpha value is -1.33. The summed E-state index contributed by atoms with van der Waals surface area (Å²) in [7, 11) is 0. The Kier molecular flexibility index (Phi) is 4.44. The first-order valence-corrected chi connectivity index (χ1v) is 7.24. The van der Waals surface area contributed by atoms with Gasteiger partial charge in [-0.15, -0.1) is 0 Å². The predicted octanol–water partition coefficient (Wildman–Crippen LogP) is 3.14. The molecule has 2 atom stereocenters. The summed E-state index contributed by atoms with van der Waals surface area (Å²) in [6, 6.07) is 4.16. The lowest BCUT2D eigenvalue weighted by Gasteiger charge is -2.24. The van der Waals surface area contributed by atoms with Crippen molar-refractivity contribution in [1.82, 2.24) is 4.90 Å². The normalized spacial score (nSPS) is 22.5. The number of ether oxygens (including phenoxy) is 1. The van der Waals surface area contributed by atoms with Crippen LogP contribution in [-0.4, -0.2) is 35.7 Å². The number of carbonyl (C=O) groups is 1. The zero-order valence-corrected chi connectivity index (χ0v) is 13.2. The third-order valence-corrected chi connectivity index (χ3v) is 3.72. The zero-order valence-electron chi connectivity index (χ0n) is 12.4. The van der Waals surface area contributed by atoms with Crippen LogP contribution < -0.4 is 5.73 Å². The Morgan fingerprint density at radius 3 is 2.67 bits per heavy atom. The summed E-state index contributed by atoms with van der Waals surface area (Å²) in [6.45, 7) is 6.02. The number of likely N-dealkylation sites (tertiary alicyclic amines) is 1. The highest BCUT2D eigenvalue weighted by Crippen LogP contribution is 2.34. The summed E-state index contributed by atoms with van der Waals surface area (Å²) in [5.41, 5.74) is 5.86. The van der Waals surface area contributed by atoms with Gasteiger partial charge in [0.25, 0.3) is 0 Å². The Morgan fingerprint density at radius 2 is 2.10 bits per heavy atom. The van der Waals surface area contributed by atoms with Crippen molar-refractivity contribution in [2.75, 3.05) is 13.1 Å². The van der Waals surface area contributed by atoms with Crippen LogP contribution >= 0.6 is 11.6 Å². The number of carbonyl (C=O) groups excluding carboxylic acids is 1. The molecule has 1 heterocycles. The smallest absolute Gasteiger partial charge is 0.410 e. The van der Waals surface area contributed by atoms with Gasteiger partial charge in [-0.3, -0.25) is 0 Å². The molecule has 2 rings (SSSR count). The fraction of sp³-hybridized carbons (Fsp3) is 0.533. The number of rotatable bonds is 1. The molecule has 2 N–H and O–H groups in total. The fourth-order valence-corrected chi connectivity index (χ4v) is 2.78. The molecule has 1 aliphatic rings. The molecule has 2 unspecified atom stereocenters. The van der Waals surface area contributed by atoms with Crippen LogP contribution in [0.1, 0.15) is 32.3 Å². The first-order valence-electron chi connectivity index (χ1n) is 6.86. The number of benzene rings is 1. The molecule has 0 saturated carbocycles. The van der Waals surface area contributed by atoms with Crippen molar-refractivity contribution in [3.63, 3.8) is 0 Å². The van der Waals surface area contributed by atoms with Gasteiger partial charge in [-0.25, -0.2) is 9.18 Å². The monoisotopic (exact) mass is 314 g/mol. The lowest BCUT2D eigenvalue weighted by atomic mass is 9.94. The van der Waals surface area contributed by atoms with Crippen molar-refractivity contribution >= 4 is 17.7 Å². The number of hydrogen-bond donors (Lipinski definition) is 1. The highest BCUT2D eigenvalue weighted by molar-refractivity contribution is 6.31. The zero-order chi connectivity index (χ0) is 15.8. The maximum Gasteiger partial charge on any atom is 0.410 e. The Labute approximate surface area is 129 Å². The van der Waals surface area contributed by atoms with Crippen LogP contribution in [-0.2, 0) is 4.74 Å². The maximum atomic E-state index is 14.0. The second-order valence-electron chi connectivity index (χ2n) is 6.29. The number of nitrogens with two attached hydrogens (primary N) is 1. The van der Waals surface area contributed by atoms with Gasteiger partial charge in [-0.2, -0.15) is 0 Å². The second-order valence-corrected chi connectivity index (χ2v) is 6.70. The molecule has 6 heteroatoms. The Morgan fingerprint density at radius 1 is 1.43 bits per heavy atom. The minimum absolute atomic E-state index is 0.302. The van der Waals surface area contributed by atoms with E-state index in [0.29, 0.717) is 23.7 Å². The minimum atomic E-state index is -0.574. The average molecular weight is 315 g/mol. The average Bonchev–Trinajstić information content (AvgIpc) is 2.69. The molecule has 0 aromatic heterocycles. The van der Waals surface area contributed by atoms with Gasteiger partial charge >= 0.3 is 6.09 Å². The Balaban J connectivity index is 2.17. The van der Waals surface area contributed by atoms with Gasteiger partial charge in [0.2, 0.25) is 0 Å². The predicted molar refractivity (Wildman–Crippen MR) is 79.9 cm³/mol. The molecule has 1 fully saturated rings. The number of nitrogens with zero attached hydrogens (tertiary/aromatic N) is 1. The van der Waals surface area contributed by atoms with Gasteiger partial charge in [-0.1, -0.05) is 17.7 Å². The van der Waals surface area contributed by atoms with Crippen molar-refractivity contribution in [2.24, 2.45) is 5.73 Å². The summed E-state index contributed by atoms with van der Waals surface area (Å²) in [5.74, 6) is -0.722. The van der Waals surface area contributed by atoms with E-state index in [1.54, 1.807) is 32.9 Å². The Bertz CT molecular complexity index is 525. The molecule has 1 aliphatic heterocycles. The molecular formula is C15H20ClFN2O2. The van der Waals surface area contributed by atoms with Gasteiger partial charge in [0.05, 0.1) is 0 Å². The van der Waals surface area contributed by atoms with Gasteiger partial charge in [0.1, 0.15) is 11.4 Å². The van der Waals surface area contributed by atoms with Crippen molar-refractivity contribution < 1.29 is 13.9 Å². The molecule has 0 spiro atoms. The lowest BCUT2D eigenvalue weighted by molar-refractivity contribution is 0.0290. The van der Waals surface area contributed by atoms with Crippen molar-refractivity contribution in [2.45, 2.75) is 38.3 Å². The van der Waals surface area contributed by atoms with Gasteiger partial charge in [0.15, 0.2) is 0 Å². The van der Waals surface area contributed by atoms with E-state index in [0.717, 1.165) is 0 Å². The highest BCUT2D eigenvalue weighted by atomic mass is 35.5. The van der Waals surface area contributed by atoms with E-state index in [9.17, 15) is 9.18 Å². The highest BCUT2D eigenvalue weighted by Gasteiger charge is 2.38. The van der Waals surface area contributed by atoms with E-state index in [2.05, 4.69) is 0 Å². The van der Waals surface area contributed by atoms with Crippen LogP contribution in [0.3, 0.4) is 0 Å². The summed E-state index contributed by atoms with van der Waals surface area (Å²) in [4.78, 5) is 13.6. The molecule has 0 radical (unpaired) electrons. The van der Waals surface area contributed by atoms with Gasteiger partial charge in [-0.05, 0) is 32.9 Å². The third-order valence-electron chi connectivity index (χ3n) is 3.39. The van der Waals surface area contributed by atoms with Crippen LogP contribution in [0.5, 0.6) is 0 Å². The van der Waals surface area contributed by atoms with E-state index in [1.807, 2.05) is 0 Å². The SMILES string of the molecule is CC(C)(C)OC(=O)N1CC(N)C(c2c(F)cccc2Cl)C1. The molecule has 1 aromatic carbocycles. The minimum Gasteiger partial charge on any atom is -0.444 e. The molecular weight excluding hydrogens is 295 g/mol. The van der Waals surface area contributed by atoms with Gasteiger partial charge in [0, 0.05) is 35.6 Å². The molecule has 1 saturated heterocycles. The summed E-state index contributed by atoms with van der Waals surface area (Å²) in [5, 5.41) is 0.335. The largest absolute Gasteiger partial charge is 0.444 e. The maximum absolute atomic E-state index is 14.0. The van der Waals surface area contributed by atoms with Crippen molar-refractivity contribution in [3.05, 3.63) is 34.6 Å². The molecule has 0 bridgehead atoms. The third kappa shape index (κ3) is 3.66. The van der Waals surface area contributed by atoms with Crippen molar-refractivity contribution in [1.29, 1.82) is 0 Å². The van der Waals surface area contributed by atoms with Crippen LogP contribution in [0.2, 0.25) is 5.02 Å². The van der Waals surface area contributed by atoms with E-state index in [1.165, 1.54) is 11.0 Å². The molecule has 1 amide bonds. The van der Waals surface area contributed by atoms with E-state index in [-0.39, 0.29) is 12.0 Å². The number of halogens is 2. The second kappa shape index (κ2) is 5.81. The molecule has 4 nitrogen and oxygen atoms in total. The van der Waals surface area contributed by atoms with Gasteiger partial charge < -0.3 is 15.4 Å². The number of hydrogen-bond acceptors (Lipinski definition) is 3. The molecule has 0 aliphatic carbocycles. The summed E-state index contributed by atoms with van der Waals surface area (Å²) >= 11 is 6.08.